The van der Waals surface area contributed by atoms with E-state index in [0.29, 0.717) is 6.54 Å². The van der Waals surface area contributed by atoms with E-state index in [1.165, 1.54) is 6.26 Å². The Morgan fingerprint density at radius 3 is 2.68 bits per heavy atom. The fourth-order valence-corrected chi connectivity index (χ4v) is 2.00. The van der Waals surface area contributed by atoms with Crippen LogP contribution in [0, 0.1) is 0 Å². The Labute approximate surface area is 109 Å². The van der Waals surface area contributed by atoms with Crippen LogP contribution in [0.15, 0.2) is 41.1 Å². The highest BCUT2D eigenvalue weighted by atomic mass is 16.6. The zero-order chi connectivity index (χ0) is 13.2. The molecule has 1 saturated heterocycles. The van der Waals surface area contributed by atoms with Gasteiger partial charge in [0.25, 0.3) is 0 Å². The minimum Gasteiger partial charge on any atom is -0.428 e. The molecule has 98 valence electrons. The van der Waals surface area contributed by atoms with Crippen molar-refractivity contribution >= 4 is 11.8 Å². The Balaban J connectivity index is 1.81. The van der Waals surface area contributed by atoms with Gasteiger partial charge in [-0.1, -0.05) is 17.3 Å². The predicted octanol–water partition coefficient (Wildman–Crippen LogP) is 1.84. The first-order valence-electron chi connectivity index (χ1n) is 5.94. The van der Waals surface area contributed by atoms with Crippen LogP contribution in [0.1, 0.15) is 0 Å². The number of amides is 1. The van der Waals surface area contributed by atoms with Crippen LogP contribution >= 0.6 is 0 Å². The molecule has 19 heavy (non-hydrogen) atoms. The lowest BCUT2D eigenvalue weighted by Crippen LogP contribution is -2.30. The van der Waals surface area contributed by atoms with Crippen molar-refractivity contribution in [2.24, 2.45) is 0 Å². The van der Waals surface area contributed by atoms with Crippen molar-refractivity contribution in [1.82, 2.24) is 10.5 Å². The number of nitrogens with one attached hydrogen (secondary N) is 1. The second kappa shape index (κ2) is 4.74. The van der Waals surface area contributed by atoms with E-state index in [0.717, 1.165) is 16.9 Å². The zero-order valence-corrected chi connectivity index (χ0v) is 10.4. The zero-order valence-electron chi connectivity index (χ0n) is 10.4. The van der Waals surface area contributed by atoms with Crippen LogP contribution in [0.5, 0.6) is 0 Å². The number of rotatable bonds is 3. The van der Waals surface area contributed by atoms with Gasteiger partial charge in [0.05, 0.1) is 6.54 Å². The van der Waals surface area contributed by atoms with E-state index < -0.39 is 0 Å². The third-order valence-electron chi connectivity index (χ3n) is 3.05. The largest absolute Gasteiger partial charge is 0.428 e. The normalized spacial score (nSPS) is 18.7. The number of carbonyl (C=O) groups excluding carboxylic acids is 1. The molecule has 6 nitrogen and oxygen atoms in total. The van der Waals surface area contributed by atoms with E-state index in [9.17, 15) is 4.79 Å². The first-order chi connectivity index (χ1) is 9.28. The first kappa shape index (κ1) is 11.7. The number of aromatic nitrogens is 1. The highest BCUT2D eigenvalue weighted by molar-refractivity contribution is 5.90. The standard InChI is InChI=1S/C13H13N3O3/c1-14-12-8-16(13(17)19-12)10-4-2-9(3-5-10)11-6-7-18-15-11/h2-7,12,14H,8H2,1H3/t12-/m0/s1. The molecule has 2 aromatic rings. The van der Waals surface area contributed by atoms with Crippen molar-refractivity contribution in [2.45, 2.75) is 6.23 Å². The van der Waals surface area contributed by atoms with E-state index in [4.69, 9.17) is 9.26 Å². The Bertz CT molecular complexity index is 565. The van der Waals surface area contributed by atoms with Gasteiger partial charge in [-0.25, -0.2) is 4.79 Å². The second-order valence-electron chi connectivity index (χ2n) is 4.20. The van der Waals surface area contributed by atoms with Gasteiger partial charge in [-0.2, -0.15) is 0 Å². The van der Waals surface area contributed by atoms with Crippen LogP contribution in [0.25, 0.3) is 11.3 Å². The summed E-state index contributed by atoms with van der Waals surface area (Å²) in [4.78, 5) is 13.3. The number of nitrogens with zero attached hydrogens (tertiary/aromatic N) is 2. The molecule has 0 saturated carbocycles. The van der Waals surface area contributed by atoms with E-state index in [1.807, 2.05) is 24.3 Å². The molecule has 1 N–H and O–H groups in total. The first-order valence-corrected chi connectivity index (χ1v) is 5.94. The van der Waals surface area contributed by atoms with Crippen molar-refractivity contribution in [3.63, 3.8) is 0 Å². The molecule has 1 aromatic carbocycles. The topological polar surface area (TPSA) is 67.6 Å². The minimum atomic E-state index is -0.339. The Hall–Kier alpha value is -2.34. The van der Waals surface area contributed by atoms with E-state index >= 15 is 0 Å². The molecular weight excluding hydrogens is 246 g/mol. The van der Waals surface area contributed by atoms with Crippen molar-refractivity contribution < 1.29 is 14.1 Å². The van der Waals surface area contributed by atoms with Crippen LogP contribution in [-0.2, 0) is 4.74 Å². The summed E-state index contributed by atoms with van der Waals surface area (Å²) >= 11 is 0. The van der Waals surface area contributed by atoms with Gasteiger partial charge in [0, 0.05) is 17.3 Å². The number of hydrogen-bond donors (Lipinski definition) is 1. The Kier molecular flexibility index (Phi) is 2.92. The summed E-state index contributed by atoms with van der Waals surface area (Å²) in [5, 5.41) is 6.78. The molecule has 1 amide bonds. The Morgan fingerprint density at radius 2 is 2.11 bits per heavy atom. The van der Waals surface area contributed by atoms with Gasteiger partial charge < -0.3 is 9.26 Å². The maximum atomic E-state index is 11.7. The second-order valence-corrected chi connectivity index (χ2v) is 4.20. The van der Waals surface area contributed by atoms with Crippen LogP contribution in [0.2, 0.25) is 0 Å². The SMILES string of the molecule is CN[C@@H]1CN(c2ccc(-c3ccon3)cc2)C(=O)O1. The molecule has 0 radical (unpaired) electrons. The van der Waals surface area contributed by atoms with Gasteiger partial charge in [0.1, 0.15) is 12.0 Å². The van der Waals surface area contributed by atoms with Crippen molar-refractivity contribution in [3.8, 4) is 11.3 Å². The maximum absolute atomic E-state index is 11.7. The molecule has 0 aliphatic carbocycles. The number of hydrogen-bond acceptors (Lipinski definition) is 5. The highest BCUT2D eigenvalue weighted by Crippen LogP contribution is 2.24. The number of benzene rings is 1. The van der Waals surface area contributed by atoms with Crippen molar-refractivity contribution in [2.75, 3.05) is 18.5 Å². The maximum Gasteiger partial charge on any atom is 0.416 e. The molecule has 3 rings (SSSR count). The van der Waals surface area contributed by atoms with Gasteiger partial charge in [-0.3, -0.25) is 10.2 Å². The van der Waals surface area contributed by atoms with E-state index in [-0.39, 0.29) is 12.3 Å². The van der Waals surface area contributed by atoms with Gasteiger partial charge in [0.2, 0.25) is 0 Å². The van der Waals surface area contributed by atoms with Gasteiger partial charge in [-0.15, -0.1) is 0 Å². The smallest absolute Gasteiger partial charge is 0.416 e. The van der Waals surface area contributed by atoms with Crippen molar-refractivity contribution in [3.05, 3.63) is 36.6 Å². The third kappa shape index (κ3) is 2.17. The molecule has 6 heteroatoms. The Morgan fingerprint density at radius 1 is 1.32 bits per heavy atom. The van der Waals surface area contributed by atoms with Crippen LogP contribution in [-0.4, -0.2) is 31.1 Å². The molecule has 1 atom stereocenters. The molecule has 1 fully saturated rings. The molecule has 2 heterocycles. The number of anilines is 1. The third-order valence-corrected chi connectivity index (χ3v) is 3.05. The average Bonchev–Trinajstić information content (AvgIpc) is 3.08. The van der Waals surface area contributed by atoms with Crippen LogP contribution in [0.4, 0.5) is 10.5 Å². The summed E-state index contributed by atoms with van der Waals surface area (Å²) in [6.45, 7) is 0.499. The van der Waals surface area contributed by atoms with Gasteiger partial charge in [0.15, 0.2) is 6.23 Å². The average molecular weight is 259 g/mol. The number of ether oxygens (including phenoxy) is 1. The summed E-state index contributed by atoms with van der Waals surface area (Å²) in [5.74, 6) is 0. The summed E-state index contributed by atoms with van der Waals surface area (Å²) in [5.41, 5.74) is 2.51. The molecule has 1 aliphatic rings. The summed E-state index contributed by atoms with van der Waals surface area (Å²) in [6, 6.07) is 9.31. The lowest BCUT2D eigenvalue weighted by Gasteiger charge is -2.12. The fraction of sp³-hybridized carbons (Fsp3) is 0.231. The molecular formula is C13H13N3O3. The van der Waals surface area contributed by atoms with Gasteiger partial charge >= 0.3 is 6.09 Å². The van der Waals surface area contributed by atoms with Crippen LogP contribution < -0.4 is 10.2 Å². The van der Waals surface area contributed by atoms with E-state index in [2.05, 4.69) is 10.5 Å². The molecule has 0 bridgehead atoms. The summed E-state index contributed by atoms with van der Waals surface area (Å²) in [6.07, 6.45) is 0.926. The molecule has 1 aliphatic heterocycles. The minimum absolute atomic E-state index is 0.261. The summed E-state index contributed by atoms with van der Waals surface area (Å²) in [7, 11) is 1.76. The quantitative estimate of drug-likeness (QED) is 0.911. The molecule has 1 aromatic heterocycles. The lowest BCUT2D eigenvalue weighted by atomic mass is 10.1. The number of carbonyl (C=O) groups is 1. The molecule has 0 unspecified atom stereocenters. The monoisotopic (exact) mass is 259 g/mol. The summed E-state index contributed by atoms with van der Waals surface area (Å²) < 4.78 is 9.93. The van der Waals surface area contributed by atoms with E-state index in [1.54, 1.807) is 18.0 Å². The predicted molar refractivity (Wildman–Crippen MR) is 68.6 cm³/mol. The fourth-order valence-electron chi connectivity index (χ4n) is 2.00. The van der Waals surface area contributed by atoms with Gasteiger partial charge in [-0.05, 0) is 19.2 Å². The molecule has 0 spiro atoms. The highest BCUT2D eigenvalue weighted by Gasteiger charge is 2.31. The number of likely N-dealkylation sites (N-methyl/N-ethyl adjacent to an activating group) is 1. The lowest BCUT2D eigenvalue weighted by molar-refractivity contribution is 0.128. The van der Waals surface area contributed by atoms with Crippen molar-refractivity contribution in [1.29, 1.82) is 0 Å². The number of cyclic esters (lactones) is 1. The van der Waals surface area contributed by atoms with Crippen LogP contribution in [0.3, 0.4) is 0 Å².